The number of nitrogens with one attached hydrogen (secondary N) is 1. The number of hydrogen-bond acceptors (Lipinski definition) is 5. The van der Waals surface area contributed by atoms with Gasteiger partial charge in [0.2, 0.25) is 5.91 Å². The van der Waals surface area contributed by atoms with Crippen molar-refractivity contribution in [1.82, 2.24) is 20.1 Å². The molecule has 6 nitrogen and oxygen atoms in total. The Hall–Kier alpha value is -1.08. The molecule has 1 saturated heterocycles. The molecule has 0 atom stereocenters. The molecule has 94 valence electrons. The fourth-order valence-electron chi connectivity index (χ4n) is 1.41. The van der Waals surface area contributed by atoms with Crippen LogP contribution in [0.1, 0.15) is 19.9 Å². The predicted molar refractivity (Wildman–Crippen MR) is 63.9 cm³/mol. The Kier molecular flexibility index (Phi) is 4.01. The van der Waals surface area contributed by atoms with Crippen molar-refractivity contribution in [2.75, 3.05) is 19.0 Å². The van der Waals surface area contributed by atoms with Crippen LogP contribution in [0.15, 0.2) is 11.5 Å². The lowest BCUT2D eigenvalue weighted by Crippen LogP contribution is -2.49. The first kappa shape index (κ1) is 12.4. The minimum atomic E-state index is 0.0154. The van der Waals surface area contributed by atoms with Gasteiger partial charge in [0.25, 0.3) is 0 Å². The Balaban J connectivity index is 1.80. The summed E-state index contributed by atoms with van der Waals surface area (Å²) in [7, 11) is 0. The molecule has 1 N–H and O–H groups in total. The van der Waals surface area contributed by atoms with Gasteiger partial charge in [-0.3, -0.25) is 4.79 Å². The van der Waals surface area contributed by atoms with Crippen molar-refractivity contribution in [3.63, 3.8) is 0 Å². The number of carbonyl (C=O) groups excluding carboxylic acids is 1. The summed E-state index contributed by atoms with van der Waals surface area (Å²) in [6, 6.07) is 0.488. The van der Waals surface area contributed by atoms with Crippen LogP contribution in [-0.2, 0) is 9.53 Å². The molecule has 0 saturated carbocycles. The van der Waals surface area contributed by atoms with Gasteiger partial charge in [0.05, 0.1) is 25.0 Å². The zero-order valence-electron chi connectivity index (χ0n) is 9.92. The third-order valence-electron chi connectivity index (χ3n) is 2.43. The molecule has 1 aliphatic rings. The third kappa shape index (κ3) is 3.19. The fourth-order valence-corrected chi connectivity index (χ4v) is 2.26. The molecule has 1 fully saturated rings. The Morgan fingerprint density at radius 1 is 1.71 bits per heavy atom. The topological polar surface area (TPSA) is 69.0 Å². The largest absolute Gasteiger partial charge is 0.377 e. The van der Waals surface area contributed by atoms with Crippen molar-refractivity contribution in [2.45, 2.75) is 31.1 Å². The molecule has 2 heterocycles. The average molecular weight is 256 g/mol. The molecule has 1 aromatic rings. The maximum absolute atomic E-state index is 11.6. The normalized spacial score (nSPS) is 15.9. The minimum Gasteiger partial charge on any atom is -0.377 e. The summed E-state index contributed by atoms with van der Waals surface area (Å²) in [5.41, 5.74) is 0. The number of aromatic nitrogens is 3. The molecular formula is C10H16N4O2S. The zero-order chi connectivity index (χ0) is 12.3. The Bertz CT molecular complexity index is 389. The van der Waals surface area contributed by atoms with Gasteiger partial charge in [0.15, 0.2) is 5.16 Å². The van der Waals surface area contributed by atoms with Crippen molar-refractivity contribution < 1.29 is 9.53 Å². The number of thioether (sulfide) groups is 1. The SMILES string of the molecule is CC(C)n1cnnc1SCC(=O)NC1COC1. The lowest BCUT2D eigenvalue weighted by Gasteiger charge is -2.26. The van der Waals surface area contributed by atoms with Crippen molar-refractivity contribution in [1.29, 1.82) is 0 Å². The van der Waals surface area contributed by atoms with Gasteiger partial charge in [-0.2, -0.15) is 0 Å². The highest BCUT2D eigenvalue weighted by atomic mass is 32.2. The highest BCUT2D eigenvalue weighted by Gasteiger charge is 2.20. The first-order valence-electron chi connectivity index (χ1n) is 5.56. The number of nitrogens with zero attached hydrogens (tertiary/aromatic N) is 3. The van der Waals surface area contributed by atoms with E-state index in [-0.39, 0.29) is 11.9 Å². The maximum atomic E-state index is 11.6. The smallest absolute Gasteiger partial charge is 0.230 e. The second-order valence-corrected chi connectivity index (χ2v) is 5.15. The van der Waals surface area contributed by atoms with E-state index in [0.717, 1.165) is 5.16 Å². The molecule has 0 bridgehead atoms. The van der Waals surface area contributed by atoms with Gasteiger partial charge in [-0.05, 0) is 13.8 Å². The second-order valence-electron chi connectivity index (χ2n) is 4.21. The van der Waals surface area contributed by atoms with Crippen LogP contribution in [-0.4, -0.2) is 45.7 Å². The van der Waals surface area contributed by atoms with Crippen LogP contribution < -0.4 is 5.32 Å². The summed E-state index contributed by atoms with van der Waals surface area (Å²) >= 11 is 1.40. The monoisotopic (exact) mass is 256 g/mol. The second kappa shape index (κ2) is 5.50. The first-order valence-corrected chi connectivity index (χ1v) is 6.55. The van der Waals surface area contributed by atoms with Crippen LogP contribution in [0.25, 0.3) is 0 Å². The summed E-state index contributed by atoms with van der Waals surface area (Å²) in [4.78, 5) is 11.6. The molecule has 0 aromatic carbocycles. The summed E-state index contributed by atoms with van der Waals surface area (Å²) < 4.78 is 6.94. The van der Waals surface area contributed by atoms with Crippen LogP contribution in [0.5, 0.6) is 0 Å². The molecule has 2 rings (SSSR count). The molecule has 17 heavy (non-hydrogen) atoms. The molecule has 0 spiro atoms. The zero-order valence-corrected chi connectivity index (χ0v) is 10.7. The van der Waals surface area contributed by atoms with E-state index in [1.54, 1.807) is 6.33 Å². The van der Waals surface area contributed by atoms with Gasteiger partial charge < -0.3 is 14.6 Å². The van der Waals surface area contributed by atoms with Gasteiger partial charge in [-0.25, -0.2) is 0 Å². The molecular weight excluding hydrogens is 240 g/mol. The minimum absolute atomic E-state index is 0.0154. The van der Waals surface area contributed by atoms with Gasteiger partial charge in [-0.15, -0.1) is 10.2 Å². The van der Waals surface area contributed by atoms with Crippen molar-refractivity contribution >= 4 is 17.7 Å². The van der Waals surface area contributed by atoms with E-state index >= 15 is 0 Å². The standard InChI is InChI=1S/C10H16N4O2S/c1-7(2)14-6-11-13-10(14)17-5-9(15)12-8-3-16-4-8/h6-8H,3-5H2,1-2H3,(H,12,15). The third-order valence-corrected chi connectivity index (χ3v) is 3.39. The number of carbonyl (C=O) groups is 1. The van der Waals surface area contributed by atoms with Crippen molar-refractivity contribution in [3.8, 4) is 0 Å². The predicted octanol–water partition coefficient (Wildman–Crippen LogP) is 0.466. The van der Waals surface area contributed by atoms with Crippen molar-refractivity contribution in [2.24, 2.45) is 0 Å². The van der Waals surface area contributed by atoms with E-state index in [1.807, 2.05) is 4.57 Å². The number of amides is 1. The summed E-state index contributed by atoms with van der Waals surface area (Å²) in [5, 5.41) is 11.5. The quantitative estimate of drug-likeness (QED) is 0.775. The van der Waals surface area contributed by atoms with E-state index in [2.05, 4.69) is 29.4 Å². The van der Waals surface area contributed by atoms with E-state index in [0.29, 0.717) is 25.0 Å². The number of ether oxygens (including phenoxy) is 1. The molecule has 0 unspecified atom stereocenters. The number of rotatable bonds is 5. The Morgan fingerprint density at radius 3 is 3.06 bits per heavy atom. The Morgan fingerprint density at radius 2 is 2.47 bits per heavy atom. The summed E-state index contributed by atoms with van der Waals surface area (Å²) in [6.07, 6.45) is 1.69. The van der Waals surface area contributed by atoms with Crippen LogP contribution >= 0.6 is 11.8 Å². The van der Waals surface area contributed by atoms with Crippen LogP contribution in [0.3, 0.4) is 0 Å². The highest BCUT2D eigenvalue weighted by Crippen LogP contribution is 2.18. The van der Waals surface area contributed by atoms with Crippen LogP contribution in [0.4, 0.5) is 0 Å². The van der Waals surface area contributed by atoms with E-state index < -0.39 is 0 Å². The van der Waals surface area contributed by atoms with Gasteiger partial charge in [0.1, 0.15) is 6.33 Å². The number of hydrogen-bond donors (Lipinski definition) is 1. The first-order chi connectivity index (χ1) is 8.16. The van der Waals surface area contributed by atoms with E-state index in [1.165, 1.54) is 11.8 Å². The molecule has 0 aliphatic carbocycles. The molecule has 1 aliphatic heterocycles. The lowest BCUT2D eigenvalue weighted by molar-refractivity contribution is -0.122. The fraction of sp³-hybridized carbons (Fsp3) is 0.700. The van der Waals surface area contributed by atoms with E-state index in [9.17, 15) is 4.79 Å². The highest BCUT2D eigenvalue weighted by molar-refractivity contribution is 7.99. The Labute approximate surface area is 104 Å². The summed E-state index contributed by atoms with van der Waals surface area (Å²) in [6.45, 7) is 5.36. The van der Waals surface area contributed by atoms with Gasteiger partial charge in [-0.1, -0.05) is 11.8 Å². The van der Waals surface area contributed by atoms with Crippen LogP contribution in [0.2, 0.25) is 0 Å². The summed E-state index contributed by atoms with van der Waals surface area (Å²) in [5.74, 6) is 0.378. The maximum Gasteiger partial charge on any atom is 0.230 e. The average Bonchev–Trinajstić information content (AvgIpc) is 2.68. The van der Waals surface area contributed by atoms with Crippen LogP contribution in [0, 0.1) is 0 Å². The van der Waals surface area contributed by atoms with Crippen molar-refractivity contribution in [3.05, 3.63) is 6.33 Å². The molecule has 0 radical (unpaired) electrons. The lowest BCUT2D eigenvalue weighted by atomic mass is 10.2. The van der Waals surface area contributed by atoms with Gasteiger partial charge >= 0.3 is 0 Å². The molecule has 7 heteroatoms. The molecule has 1 aromatic heterocycles. The van der Waals surface area contributed by atoms with Gasteiger partial charge in [0, 0.05) is 6.04 Å². The van der Waals surface area contributed by atoms with E-state index in [4.69, 9.17) is 4.74 Å². The molecule has 1 amide bonds.